The van der Waals surface area contributed by atoms with Crippen LogP contribution in [0.1, 0.15) is 31.2 Å². The summed E-state index contributed by atoms with van der Waals surface area (Å²) in [5.41, 5.74) is 4.18. The standard InChI is InChI=1S/C13H19NO/c1-12(14-15)8-4-2-5-9-13-10-6-3-7-11-13/h3,6-7,10-11,14-15H,1-2,4-5,8-9H2. The molecule has 0 atom stereocenters. The van der Waals surface area contributed by atoms with Crippen molar-refractivity contribution in [2.45, 2.75) is 32.1 Å². The fourth-order valence-corrected chi connectivity index (χ4v) is 1.54. The number of hydrogen-bond acceptors (Lipinski definition) is 2. The Hall–Kier alpha value is -1.28. The maximum Gasteiger partial charge on any atom is 0.0304 e. The molecule has 0 saturated carbocycles. The molecular weight excluding hydrogens is 186 g/mol. The molecule has 0 spiro atoms. The third-order valence-electron chi connectivity index (χ3n) is 2.44. The SMILES string of the molecule is C=C(CCCCCc1ccccc1)NO. The van der Waals surface area contributed by atoms with E-state index in [9.17, 15) is 0 Å². The molecule has 15 heavy (non-hydrogen) atoms. The first-order valence-corrected chi connectivity index (χ1v) is 5.44. The molecule has 2 heteroatoms. The van der Waals surface area contributed by atoms with E-state index in [0.29, 0.717) is 5.70 Å². The third-order valence-corrected chi connectivity index (χ3v) is 2.44. The summed E-state index contributed by atoms with van der Waals surface area (Å²) in [6, 6.07) is 10.5. The molecule has 1 aromatic rings. The fourth-order valence-electron chi connectivity index (χ4n) is 1.54. The van der Waals surface area contributed by atoms with Gasteiger partial charge in [-0.15, -0.1) is 0 Å². The summed E-state index contributed by atoms with van der Waals surface area (Å²) < 4.78 is 0. The normalized spacial score (nSPS) is 9.93. The quantitative estimate of drug-likeness (QED) is 0.529. The molecule has 0 fully saturated rings. The van der Waals surface area contributed by atoms with Crippen LogP contribution in [0.25, 0.3) is 0 Å². The molecule has 0 bridgehead atoms. The van der Waals surface area contributed by atoms with Crippen LogP contribution in [-0.2, 0) is 6.42 Å². The van der Waals surface area contributed by atoms with Gasteiger partial charge in [0.15, 0.2) is 0 Å². The molecule has 0 radical (unpaired) electrons. The summed E-state index contributed by atoms with van der Waals surface area (Å²) >= 11 is 0. The first kappa shape index (κ1) is 11.8. The van der Waals surface area contributed by atoms with Crippen LogP contribution in [0.5, 0.6) is 0 Å². The van der Waals surface area contributed by atoms with Crippen molar-refractivity contribution >= 4 is 0 Å². The number of hydroxylamine groups is 1. The summed E-state index contributed by atoms with van der Waals surface area (Å²) in [7, 11) is 0. The van der Waals surface area contributed by atoms with Gasteiger partial charge in [-0.3, -0.25) is 10.7 Å². The lowest BCUT2D eigenvalue weighted by molar-refractivity contribution is 0.196. The maximum absolute atomic E-state index is 8.52. The van der Waals surface area contributed by atoms with Gasteiger partial charge >= 0.3 is 0 Å². The monoisotopic (exact) mass is 205 g/mol. The van der Waals surface area contributed by atoms with Crippen molar-refractivity contribution < 1.29 is 5.21 Å². The minimum Gasteiger partial charge on any atom is -0.291 e. The molecule has 0 aliphatic carbocycles. The third kappa shape index (κ3) is 5.23. The summed E-state index contributed by atoms with van der Waals surface area (Å²) in [6.07, 6.45) is 5.45. The van der Waals surface area contributed by atoms with Crippen LogP contribution in [0.15, 0.2) is 42.6 Å². The average molecular weight is 205 g/mol. The Morgan fingerprint density at radius 3 is 2.53 bits per heavy atom. The lowest BCUT2D eigenvalue weighted by Crippen LogP contribution is -2.04. The maximum atomic E-state index is 8.52. The second-order valence-electron chi connectivity index (χ2n) is 3.76. The first-order valence-electron chi connectivity index (χ1n) is 5.44. The topological polar surface area (TPSA) is 32.3 Å². The lowest BCUT2D eigenvalue weighted by Gasteiger charge is -2.03. The predicted octanol–water partition coefficient (Wildman–Crippen LogP) is 3.28. The minimum absolute atomic E-state index is 0.703. The molecule has 0 aromatic heterocycles. The Labute approximate surface area is 91.6 Å². The number of aryl methyl sites for hydroxylation is 1. The molecule has 0 heterocycles. The Morgan fingerprint density at radius 1 is 1.13 bits per heavy atom. The van der Waals surface area contributed by atoms with Crippen molar-refractivity contribution in [3.8, 4) is 0 Å². The first-order chi connectivity index (χ1) is 7.33. The number of rotatable bonds is 7. The van der Waals surface area contributed by atoms with Crippen molar-refractivity contribution in [1.29, 1.82) is 0 Å². The molecule has 0 aliphatic heterocycles. The molecule has 2 N–H and O–H groups in total. The van der Waals surface area contributed by atoms with Crippen molar-refractivity contribution in [3.63, 3.8) is 0 Å². The van der Waals surface area contributed by atoms with E-state index in [4.69, 9.17) is 5.21 Å². The fraction of sp³-hybridized carbons (Fsp3) is 0.385. The molecule has 82 valence electrons. The van der Waals surface area contributed by atoms with Gasteiger partial charge in [0.2, 0.25) is 0 Å². The Balaban J connectivity index is 2.05. The highest BCUT2D eigenvalue weighted by Crippen LogP contribution is 2.09. The van der Waals surface area contributed by atoms with Gasteiger partial charge in [0.1, 0.15) is 0 Å². The summed E-state index contributed by atoms with van der Waals surface area (Å²) in [5, 5.41) is 8.52. The van der Waals surface area contributed by atoms with E-state index < -0.39 is 0 Å². The zero-order valence-corrected chi connectivity index (χ0v) is 9.08. The highest BCUT2D eigenvalue weighted by atomic mass is 16.5. The molecule has 1 rings (SSSR count). The van der Waals surface area contributed by atoms with Gasteiger partial charge in [-0.1, -0.05) is 43.3 Å². The van der Waals surface area contributed by atoms with Crippen molar-refractivity contribution in [3.05, 3.63) is 48.2 Å². The minimum atomic E-state index is 0.703. The molecule has 2 nitrogen and oxygen atoms in total. The van der Waals surface area contributed by atoms with Crippen molar-refractivity contribution in [2.75, 3.05) is 0 Å². The zero-order valence-electron chi connectivity index (χ0n) is 9.08. The van der Waals surface area contributed by atoms with E-state index in [2.05, 4.69) is 36.3 Å². The second kappa shape index (κ2) is 7.07. The predicted molar refractivity (Wildman–Crippen MR) is 62.7 cm³/mol. The van der Waals surface area contributed by atoms with Gasteiger partial charge in [-0.25, -0.2) is 0 Å². The van der Waals surface area contributed by atoms with Crippen molar-refractivity contribution in [1.82, 2.24) is 5.48 Å². The van der Waals surface area contributed by atoms with E-state index >= 15 is 0 Å². The van der Waals surface area contributed by atoms with Crippen molar-refractivity contribution in [2.24, 2.45) is 0 Å². The van der Waals surface area contributed by atoms with Gasteiger partial charge in [0, 0.05) is 5.70 Å². The summed E-state index contributed by atoms with van der Waals surface area (Å²) in [4.78, 5) is 0. The van der Waals surface area contributed by atoms with Gasteiger partial charge in [0.25, 0.3) is 0 Å². The number of allylic oxidation sites excluding steroid dienone is 1. The van der Waals surface area contributed by atoms with E-state index in [-0.39, 0.29) is 0 Å². The second-order valence-corrected chi connectivity index (χ2v) is 3.76. The largest absolute Gasteiger partial charge is 0.291 e. The van der Waals surface area contributed by atoms with Gasteiger partial charge in [-0.2, -0.15) is 0 Å². The molecular formula is C13H19NO. The number of hydrogen-bond donors (Lipinski definition) is 2. The Bertz CT molecular complexity index is 282. The van der Waals surface area contributed by atoms with Crippen LogP contribution in [0.4, 0.5) is 0 Å². The molecule has 0 unspecified atom stereocenters. The van der Waals surface area contributed by atoms with Gasteiger partial charge in [-0.05, 0) is 31.2 Å². The molecule has 1 aromatic carbocycles. The van der Waals surface area contributed by atoms with Gasteiger partial charge < -0.3 is 0 Å². The number of unbranched alkanes of at least 4 members (excludes halogenated alkanes) is 2. The summed E-state index contributed by atoms with van der Waals surface area (Å²) in [5.74, 6) is 0. The Morgan fingerprint density at radius 2 is 1.87 bits per heavy atom. The van der Waals surface area contributed by atoms with E-state index in [1.807, 2.05) is 6.07 Å². The van der Waals surface area contributed by atoms with E-state index in [1.165, 1.54) is 18.4 Å². The highest BCUT2D eigenvalue weighted by Gasteiger charge is 1.94. The smallest absolute Gasteiger partial charge is 0.0304 e. The van der Waals surface area contributed by atoms with Crippen LogP contribution in [-0.4, -0.2) is 5.21 Å². The van der Waals surface area contributed by atoms with Crippen LogP contribution in [0.2, 0.25) is 0 Å². The van der Waals surface area contributed by atoms with Gasteiger partial charge in [0.05, 0.1) is 0 Å². The summed E-state index contributed by atoms with van der Waals surface area (Å²) in [6.45, 7) is 3.67. The van der Waals surface area contributed by atoms with E-state index in [1.54, 1.807) is 0 Å². The zero-order chi connectivity index (χ0) is 10.9. The highest BCUT2D eigenvalue weighted by molar-refractivity contribution is 5.14. The van der Waals surface area contributed by atoms with Crippen LogP contribution < -0.4 is 5.48 Å². The van der Waals surface area contributed by atoms with Crippen LogP contribution in [0, 0.1) is 0 Å². The molecule has 0 saturated heterocycles. The van der Waals surface area contributed by atoms with Crippen LogP contribution >= 0.6 is 0 Å². The molecule has 0 aliphatic rings. The Kier molecular flexibility index (Phi) is 5.56. The number of nitrogens with one attached hydrogen (secondary N) is 1. The number of benzene rings is 1. The molecule has 0 amide bonds. The lowest BCUT2D eigenvalue weighted by atomic mass is 10.1. The average Bonchev–Trinajstić information content (AvgIpc) is 2.29. The van der Waals surface area contributed by atoms with E-state index in [0.717, 1.165) is 19.3 Å². The van der Waals surface area contributed by atoms with Crippen LogP contribution in [0.3, 0.4) is 0 Å².